The Morgan fingerprint density at radius 1 is 1.18 bits per heavy atom. The first-order valence-corrected chi connectivity index (χ1v) is 11.6. The van der Waals surface area contributed by atoms with Gasteiger partial charge < -0.3 is 14.2 Å². The smallest absolute Gasteiger partial charge is 0.224 e. The quantitative estimate of drug-likeness (QED) is 0.751. The summed E-state index contributed by atoms with van der Waals surface area (Å²) in [6.45, 7) is 3.51. The van der Waals surface area contributed by atoms with Gasteiger partial charge in [0, 0.05) is 56.8 Å². The minimum atomic E-state index is -2.87. The van der Waals surface area contributed by atoms with Crippen LogP contribution in [0.25, 0.3) is 10.9 Å². The molecule has 8 heteroatoms. The number of hydrogen-bond acceptors (Lipinski definition) is 5. The number of benzene rings is 1. The van der Waals surface area contributed by atoms with Crippen molar-refractivity contribution in [2.24, 2.45) is 0 Å². The standard InChI is InChI=1S/C20H27N3O4S/c1-27-19-4-2-3-18-17(19)5-8-22(18)9-6-20(24)23-12-10-21(11-13-23)16-7-14-28(25,26)15-16/h2-5,8,16H,6-7,9-15H2,1H3/t16-/m1/s1. The van der Waals surface area contributed by atoms with E-state index >= 15 is 0 Å². The highest BCUT2D eigenvalue weighted by Gasteiger charge is 2.34. The molecule has 0 N–H and O–H groups in total. The van der Waals surface area contributed by atoms with Crippen LogP contribution in [0.4, 0.5) is 0 Å². The molecule has 28 heavy (non-hydrogen) atoms. The SMILES string of the molecule is COc1cccc2c1ccn2CCC(=O)N1CCN([C@@H]2CCS(=O)(=O)C2)CC1. The number of aryl methyl sites for hydroxylation is 1. The van der Waals surface area contributed by atoms with E-state index in [1.165, 1.54) is 0 Å². The molecule has 2 saturated heterocycles. The van der Waals surface area contributed by atoms with Gasteiger partial charge in [-0.1, -0.05) is 6.07 Å². The van der Waals surface area contributed by atoms with Gasteiger partial charge in [0.25, 0.3) is 0 Å². The molecular weight excluding hydrogens is 378 g/mol. The minimum absolute atomic E-state index is 0.128. The molecule has 4 rings (SSSR count). The molecule has 1 atom stereocenters. The number of fused-ring (bicyclic) bond motifs is 1. The van der Waals surface area contributed by atoms with Crippen LogP contribution in [0.3, 0.4) is 0 Å². The molecule has 2 aliphatic heterocycles. The summed E-state index contributed by atoms with van der Waals surface area (Å²) in [5.74, 6) is 1.56. The molecule has 0 saturated carbocycles. The maximum Gasteiger partial charge on any atom is 0.224 e. The number of rotatable bonds is 5. The van der Waals surface area contributed by atoms with Crippen molar-refractivity contribution in [3.63, 3.8) is 0 Å². The van der Waals surface area contributed by atoms with Crippen LogP contribution >= 0.6 is 0 Å². The summed E-state index contributed by atoms with van der Waals surface area (Å²) in [6, 6.07) is 8.09. The summed E-state index contributed by atoms with van der Waals surface area (Å²) < 4.78 is 30.9. The summed E-state index contributed by atoms with van der Waals surface area (Å²) in [4.78, 5) is 16.8. The van der Waals surface area contributed by atoms with Gasteiger partial charge in [-0.15, -0.1) is 0 Å². The summed E-state index contributed by atoms with van der Waals surface area (Å²) in [5.41, 5.74) is 1.07. The summed E-state index contributed by atoms with van der Waals surface area (Å²) in [5, 5.41) is 1.05. The molecule has 3 heterocycles. The number of aromatic nitrogens is 1. The topological polar surface area (TPSA) is 71.8 Å². The van der Waals surface area contributed by atoms with E-state index < -0.39 is 9.84 Å². The van der Waals surface area contributed by atoms with Crippen LogP contribution in [0.1, 0.15) is 12.8 Å². The first-order valence-electron chi connectivity index (χ1n) is 9.81. The molecule has 1 amide bonds. The van der Waals surface area contributed by atoms with E-state index in [4.69, 9.17) is 4.74 Å². The van der Waals surface area contributed by atoms with Crippen molar-refractivity contribution >= 4 is 26.6 Å². The van der Waals surface area contributed by atoms with Crippen LogP contribution < -0.4 is 4.74 Å². The van der Waals surface area contributed by atoms with E-state index in [0.29, 0.717) is 31.8 Å². The van der Waals surface area contributed by atoms with Crippen LogP contribution in [0, 0.1) is 0 Å². The van der Waals surface area contributed by atoms with Crippen molar-refractivity contribution in [1.82, 2.24) is 14.4 Å². The highest BCUT2D eigenvalue weighted by Crippen LogP contribution is 2.26. The van der Waals surface area contributed by atoms with Crippen LogP contribution in [0.15, 0.2) is 30.5 Å². The van der Waals surface area contributed by atoms with Crippen molar-refractivity contribution in [2.75, 3.05) is 44.8 Å². The van der Waals surface area contributed by atoms with Gasteiger partial charge in [-0.2, -0.15) is 0 Å². The molecule has 0 radical (unpaired) electrons. The molecule has 0 aliphatic carbocycles. The highest BCUT2D eigenvalue weighted by atomic mass is 32.2. The lowest BCUT2D eigenvalue weighted by atomic mass is 10.2. The monoisotopic (exact) mass is 405 g/mol. The number of amides is 1. The Balaban J connectivity index is 1.31. The third kappa shape index (κ3) is 3.89. The van der Waals surface area contributed by atoms with Gasteiger partial charge in [-0.25, -0.2) is 8.42 Å². The van der Waals surface area contributed by atoms with Gasteiger partial charge >= 0.3 is 0 Å². The molecule has 2 aromatic rings. The van der Waals surface area contributed by atoms with Crippen molar-refractivity contribution in [3.8, 4) is 5.75 Å². The lowest BCUT2D eigenvalue weighted by Crippen LogP contribution is -2.52. The Bertz CT molecular complexity index is 961. The van der Waals surface area contributed by atoms with Gasteiger partial charge in [0.15, 0.2) is 9.84 Å². The molecule has 152 valence electrons. The Morgan fingerprint density at radius 2 is 1.96 bits per heavy atom. The maximum atomic E-state index is 12.7. The first-order chi connectivity index (χ1) is 13.5. The zero-order valence-corrected chi connectivity index (χ0v) is 17.0. The number of piperazine rings is 1. The van der Waals surface area contributed by atoms with E-state index in [1.807, 2.05) is 35.4 Å². The number of carbonyl (C=O) groups is 1. The summed E-state index contributed by atoms with van der Waals surface area (Å²) >= 11 is 0. The van der Waals surface area contributed by atoms with Crippen molar-refractivity contribution < 1.29 is 17.9 Å². The van der Waals surface area contributed by atoms with Crippen molar-refractivity contribution in [1.29, 1.82) is 0 Å². The van der Waals surface area contributed by atoms with E-state index in [0.717, 1.165) is 36.2 Å². The van der Waals surface area contributed by atoms with Gasteiger partial charge in [0.05, 0.1) is 24.1 Å². The fraction of sp³-hybridized carbons (Fsp3) is 0.550. The zero-order valence-electron chi connectivity index (χ0n) is 16.2. The Morgan fingerprint density at radius 3 is 2.64 bits per heavy atom. The molecular formula is C20H27N3O4S. The normalized spacial score (nSPS) is 22.6. The van der Waals surface area contributed by atoms with E-state index in [1.54, 1.807) is 7.11 Å². The van der Waals surface area contributed by atoms with E-state index in [-0.39, 0.29) is 17.7 Å². The second kappa shape index (κ2) is 7.75. The molecule has 7 nitrogen and oxygen atoms in total. The van der Waals surface area contributed by atoms with E-state index in [9.17, 15) is 13.2 Å². The molecule has 0 unspecified atom stereocenters. The van der Waals surface area contributed by atoms with Gasteiger partial charge in [-0.05, 0) is 24.6 Å². The first kappa shape index (κ1) is 19.3. The fourth-order valence-electron chi connectivity index (χ4n) is 4.34. The third-order valence-corrected chi connectivity index (χ3v) is 7.70. The maximum absolute atomic E-state index is 12.7. The van der Waals surface area contributed by atoms with Gasteiger partial charge in [-0.3, -0.25) is 9.69 Å². The highest BCUT2D eigenvalue weighted by molar-refractivity contribution is 7.91. The van der Waals surface area contributed by atoms with Crippen molar-refractivity contribution in [3.05, 3.63) is 30.5 Å². The Labute approximate surface area is 165 Å². The van der Waals surface area contributed by atoms with Crippen LogP contribution in [-0.4, -0.2) is 79.5 Å². The Kier molecular flexibility index (Phi) is 5.33. The number of ether oxygens (including phenoxy) is 1. The second-order valence-corrected chi connectivity index (χ2v) is 9.85. The van der Waals surface area contributed by atoms with Gasteiger partial charge in [0.1, 0.15) is 5.75 Å². The second-order valence-electron chi connectivity index (χ2n) is 7.63. The third-order valence-electron chi connectivity index (χ3n) is 5.95. The summed E-state index contributed by atoms with van der Waals surface area (Å²) in [6.07, 6.45) is 3.18. The van der Waals surface area contributed by atoms with Gasteiger partial charge in [0.2, 0.25) is 5.91 Å². The zero-order chi connectivity index (χ0) is 19.7. The predicted octanol–water partition coefficient (Wildman–Crippen LogP) is 1.37. The average Bonchev–Trinajstić information content (AvgIpc) is 3.29. The number of sulfone groups is 1. The molecule has 1 aromatic carbocycles. The van der Waals surface area contributed by atoms with Crippen LogP contribution in [0.2, 0.25) is 0 Å². The largest absolute Gasteiger partial charge is 0.496 e. The fourth-order valence-corrected chi connectivity index (χ4v) is 6.10. The molecule has 1 aromatic heterocycles. The molecule has 0 bridgehead atoms. The number of nitrogens with zero attached hydrogens (tertiary/aromatic N) is 3. The number of methoxy groups -OCH3 is 1. The lowest BCUT2D eigenvalue weighted by Gasteiger charge is -2.37. The van der Waals surface area contributed by atoms with E-state index in [2.05, 4.69) is 9.47 Å². The molecule has 0 spiro atoms. The van der Waals surface area contributed by atoms with Crippen LogP contribution in [-0.2, 0) is 21.2 Å². The average molecular weight is 406 g/mol. The molecule has 2 fully saturated rings. The molecule has 2 aliphatic rings. The Hall–Kier alpha value is -2.06. The lowest BCUT2D eigenvalue weighted by molar-refractivity contribution is -0.133. The predicted molar refractivity (Wildman–Crippen MR) is 108 cm³/mol. The van der Waals surface area contributed by atoms with Crippen LogP contribution in [0.5, 0.6) is 5.75 Å². The van der Waals surface area contributed by atoms with Crippen molar-refractivity contribution in [2.45, 2.75) is 25.4 Å². The number of carbonyl (C=O) groups excluding carboxylic acids is 1. The summed E-state index contributed by atoms with van der Waals surface area (Å²) in [7, 11) is -1.20. The minimum Gasteiger partial charge on any atom is -0.496 e. The number of hydrogen-bond donors (Lipinski definition) is 0.